The van der Waals surface area contributed by atoms with Crippen molar-refractivity contribution in [1.82, 2.24) is 15.3 Å². The van der Waals surface area contributed by atoms with Crippen LogP contribution in [-0.2, 0) is 6.54 Å². The Morgan fingerprint density at radius 1 is 1.35 bits per heavy atom. The van der Waals surface area contributed by atoms with Crippen molar-refractivity contribution in [2.75, 3.05) is 5.32 Å². The number of aromatic nitrogens is 2. The predicted octanol–water partition coefficient (Wildman–Crippen LogP) is 3.15. The topological polar surface area (TPSA) is 63.0 Å². The van der Waals surface area contributed by atoms with E-state index in [-0.39, 0.29) is 17.4 Å². The average molecular weight is 278 g/mol. The molecule has 0 amide bonds. The molecule has 0 aliphatic carbocycles. The number of halogens is 1. The van der Waals surface area contributed by atoms with Crippen molar-refractivity contribution in [3.63, 3.8) is 0 Å². The van der Waals surface area contributed by atoms with E-state index in [1.807, 2.05) is 20.8 Å². The maximum atomic E-state index is 14.3. The molecular formula is C14H19FN4O. The minimum absolute atomic E-state index is 0.0804. The average Bonchev–Trinajstić information content (AvgIpc) is 2.75. The van der Waals surface area contributed by atoms with Gasteiger partial charge >= 0.3 is 6.01 Å². The van der Waals surface area contributed by atoms with Crippen LogP contribution in [0.5, 0.6) is 0 Å². The largest absolute Gasteiger partial charge is 0.432 e. The van der Waals surface area contributed by atoms with E-state index in [0.717, 1.165) is 5.69 Å². The van der Waals surface area contributed by atoms with Crippen LogP contribution in [0.3, 0.4) is 0 Å². The number of anilines is 2. The Labute approximate surface area is 117 Å². The summed E-state index contributed by atoms with van der Waals surface area (Å²) in [7, 11) is 0. The third-order valence-electron chi connectivity index (χ3n) is 2.62. The highest BCUT2D eigenvalue weighted by Gasteiger charge is 2.14. The van der Waals surface area contributed by atoms with Gasteiger partial charge in [-0.15, -0.1) is 0 Å². The molecule has 2 heterocycles. The lowest BCUT2D eigenvalue weighted by Crippen LogP contribution is -2.35. The number of hydrogen-bond donors (Lipinski definition) is 2. The fraction of sp³-hybridized carbons (Fsp3) is 0.429. The Hall–Kier alpha value is -1.95. The zero-order valence-electron chi connectivity index (χ0n) is 12.1. The van der Waals surface area contributed by atoms with Crippen LogP contribution in [0, 0.1) is 12.7 Å². The summed E-state index contributed by atoms with van der Waals surface area (Å²) in [5, 5.41) is 5.98. The number of rotatable bonds is 4. The Balaban J connectivity index is 2.14. The Morgan fingerprint density at radius 3 is 2.70 bits per heavy atom. The fourth-order valence-corrected chi connectivity index (χ4v) is 1.58. The van der Waals surface area contributed by atoms with Gasteiger partial charge in [-0.2, -0.15) is 4.98 Å². The molecule has 20 heavy (non-hydrogen) atoms. The van der Waals surface area contributed by atoms with E-state index in [2.05, 4.69) is 20.6 Å². The summed E-state index contributed by atoms with van der Waals surface area (Å²) >= 11 is 0. The number of oxazole rings is 1. The van der Waals surface area contributed by atoms with E-state index < -0.39 is 5.82 Å². The van der Waals surface area contributed by atoms with Gasteiger partial charge in [0.2, 0.25) is 0 Å². The maximum absolute atomic E-state index is 14.3. The van der Waals surface area contributed by atoms with Gasteiger partial charge in [-0.1, -0.05) is 0 Å². The predicted molar refractivity (Wildman–Crippen MR) is 75.3 cm³/mol. The molecule has 6 heteroatoms. The van der Waals surface area contributed by atoms with Gasteiger partial charge in [0.05, 0.1) is 5.69 Å². The maximum Gasteiger partial charge on any atom is 0.300 e. The van der Waals surface area contributed by atoms with Crippen LogP contribution in [-0.4, -0.2) is 15.5 Å². The first-order valence-corrected chi connectivity index (χ1v) is 6.43. The summed E-state index contributed by atoms with van der Waals surface area (Å²) in [6, 6.07) is 1.88. The molecule has 2 N–H and O–H groups in total. The van der Waals surface area contributed by atoms with Gasteiger partial charge in [0.1, 0.15) is 6.26 Å². The molecule has 0 unspecified atom stereocenters. The molecule has 0 atom stereocenters. The second kappa shape index (κ2) is 5.58. The summed E-state index contributed by atoms with van der Waals surface area (Å²) < 4.78 is 19.4. The van der Waals surface area contributed by atoms with Crippen LogP contribution in [0.1, 0.15) is 32.0 Å². The van der Waals surface area contributed by atoms with Gasteiger partial charge in [0.25, 0.3) is 0 Å². The molecule has 0 saturated carbocycles. The number of aryl methyl sites for hydroxylation is 1. The van der Waals surface area contributed by atoms with Crippen LogP contribution in [0.25, 0.3) is 0 Å². The van der Waals surface area contributed by atoms with Gasteiger partial charge in [-0.25, -0.2) is 9.37 Å². The number of nitrogens with one attached hydrogen (secondary N) is 2. The molecule has 0 aromatic carbocycles. The lowest BCUT2D eigenvalue weighted by atomic mass is 10.1. The number of pyridine rings is 1. The summed E-state index contributed by atoms with van der Waals surface area (Å²) in [5.74, 6) is -0.292. The van der Waals surface area contributed by atoms with E-state index in [0.29, 0.717) is 12.1 Å². The number of hydrogen-bond acceptors (Lipinski definition) is 5. The molecule has 2 aromatic rings. The minimum atomic E-state index is -0.403. The highest BCUT2D eigenvalue weighted by molar-refractivity contribution is 5.48. The van der Waals surface area contributed by atoms with Gasteiger partial charge in [-0.05, 0) is 33.8 Å². The Kier molecular flexibility index (Phi) is 4.04. The van der Waals surface area contributed by atoms with Gasteiger partial charge < -0.3 is 9.73 Å². The van der Waals surface area contributed by atoms with E-state index in [1.54, 1.807) is 19.2 Å². The molecule has 0 aliphatic rings. The monoisotopic (exact) mass is 278 g/mol. The van der Waals surface area contributed by atoms with Crippen molar-refractivity contribution in [3.8, 4) is 0 Å². The summed E-state index contributed by atoms with van der Waals surface area (Å²) in [6.07, 6.45) is 3.05. The second-order valence-corrected chi connectivity index (χ2v) is 5.66. The SMILES string of the molecule is Cc1coc(Nc2nccc(CNC(C)(C)C)c2F)n1. The smallest absolute Gasteiger partial charge is 0.300 e. The first-order chi connectivity index (χ1) is 9.35. The van der Waals surface area contributed by atoms with Crippen LogP contribution >= 0.6 is 0 Å². The molecule has 0 bridgehead atoms. The highest BCUT2D eigenvalue weighted by atomic mass is 19.1. The summed E-state index contributed by atoms with van der Waals surface area (Å²) in [6.45, 7) is 8.31. The van der Waals surface area contributed by atoms with Crippen molar-refractivity contribution in [2.24, 2.45) is 0 Å². The summed E-state index contributed by atoms with van der Waals surface area (Å²) in [4.78, 5) is 8.04. The zero-order valence-corrected chi connectivity index (χ0v) is 12.1. The molecule has 108 valence electrons. The van der Waals surface area contributed by atoms with Crippen molar-refractivity contribution < 1.29 is 8.81 Å². The third kappa shape index (κ3) is 3.77. The molecule has 2 rings (SSSR count). The van der Waals surface area contributed by atoms with Gasteiger partial charge in [-0.3, -0.25) is 5.32 Å². The minimum Gasteiger partial charge on any atom is -0.432 e. The normalized spacial score (nSPS) is 11.7. The summed E-state index contributed by atoms with van der Waals surface area (Å²) in [5.41, 5.74) is 1.18. The van der Waals surface area contributed by atoms with E-state index in [9.17, 15) is 4.39 Å². The third-order valence-corrected chi connectivity index (χ3v) is 2.62. The lowest BCUT2D eigenvalue weighted by molar-refractivity contribution is 0.418. The van der Waals surface area contributed by atoms with Crippen LogP contribution in [0.2, 0.25) is 0 Å². The first kappa shape index (κ1) is 14.5. The van der Waals surface area contributed by atoms with Crippen molar-refractivity contribution in [1.29, 1.82) is 0 Å². The molecule has 0 spiro atoms. The Bertz CT molecular complexity index is 589. The molecule has 2 aromatic heterocycles. The Morgan fingerprint density at radius 2 is 2.10 bits per heavy atom. The van der Waals surface area contributed by atoms with Gasteiger partial charge in [0, 0.05) is 23.8 Å². The van der Waals surface area contributed by atoms with Crippen LogP contribution < -0.4 is 10.6 Å². The highest BCUT2D eigenvalue weighted by Crippen LogP contribution is 2.20. The van der Waals surface area contributed by atoms with Crippen molar-refractivity contribution >= 4 is 11.8 Å². The standard InChI is InChI=1S/C14H19FN4O/c1-9-8-20-13(18-9)19-12-11(15)10(5-6-16-12)7-17-14(2,3)4/h5-6,8,17H,7H2,1-4H3,(H,16,18,19). The first-order valence-electron chi connectivity index (χ1n) is 6.43. The molecule has 0 aliphatic heterocycles. The molecule has 5 nitrogen and oxygen atoms in total. The molecule has 0 radical (unpaired) electrons. The van der Waals surface area contributed by atoms with Crippen molar-refractivity contribution in [2.45, 2.75) is 39.8 Å². The van der Waals surface area contributed by atoms with E-state index >= 15 is 0 Å². The van der Waals surface area contributed by atoms with Crippen LogP contribution in [0.4, 0.5) is 16.2 Å². The molecule has 0 fully saturated rings. The lowest BCUT2D eigenvalue weighted by Gasteiger charge is -2.20. The number of nitrogens with zero attached hydrogens (tertiary/aromatic N) is 2. The van der Waals surface area contributed by atoms with E-state index in [1.165, 1.54) is 6.26 Å². The second-order valence-electron chi connectivity index (χ2n) is 5.66. The van der Waals surface area contributed by atoms with Crippen LogP contribution in [0.15, 0.2) is 22.9 Å². The molecular weight excluding hydrogens is 259 g/mol. The molecule has 0 saturated heterocycles. The van der Waals surface area contributed by atoms with Crippen molar-refractivity contribution in [3.05, 3.63) is 35.6 Å². The zero-order chi connectivity index (χ0) is 14.8. The fourth-order valence-electron chi connectivity index (χ4n) is 1.58. The van der Waals surface area contributed by atoms with Gasteiger partial charge in [0.15, 0.2) is 11.6 Å². The quantitative estimate of drug-likeness (QED) is 0.899. The van der Waals surface area contributed by atoms with E-state index in [4.69, 9.17) is 4.42 Å².